The maximum absolute atomic E-state index is 12.3. The van der Waals surface area contributed by atoms with E-state index < -0.39 is 5.97 Å². The van der Waals surface area contributed by atoms with Gasteiger partial charge >= 0.3 is 24.8 Å². The van der Waals surface area contributed by atoms with E-state index in [0.717, 1.165) is 6.42 Å². The summed E-state index contributed by atoms with van der Waals surface area (Å²) in [5.41, 5.74) is 0.375. The Kier molecular flexibility index (Phi) is 8.16. The van der Waals surface area contributed by atoms with Crippen LogP contribution in [0.2, 0.25) is 5.02 Å². The van der Waals surface area contributed by atoms with Gasteiger partial charge in [-0.2, -0.15) is 0 Å². The van der Waals surface area contributed by atoms with Gasteiger partial charge < -0.3 is 9.47 Å². The molecule has 0 spiro atoms. The van der Waals surface area contributed by atoms with Crippen LogP contribution in [0.4, 0.5) is 0 Å². The van der Waals surface area contributed by atoms with Crippen LogP contribution in [0.15, 0.2) is 42.5 Å². The van der Waals surface area contributed by atoms with Gasteiger partial charge in [-0.25, -0.2) is 4.79 Å². The van der Waals surface area contributed by atoms with Crippen LogP contribution in [0, 0.1) is 0 Å². The van der Waals surface area contributed by atoms with Crippen molar-refractivity contribution in [3.63, 3.8) is 0 Å². The third kappa shape index (κ3) is 5.55. The molecule has 0 N–H and O–H groups in total. The number of esters is 1. The molecule has 3 nitrogen and oxygen atoms in total. The number of carbonyl (C=O) groups is 1. The van der Waals surface area contributed by atoms with Crippen LogP contribution in [0.5, 0.6) is 11.5 Å². The second kappa shape index (κ2) is 9.35. The molecule has 0 aliphatic heterocycles. The molecule has 2 aromatic carbocycles. The first-order valence-corrected chi connectivity index (χ1v) is 7.99. The molecule has 0 saturated heterocycles. The van der Waals surface area contributed by atoms with Gasteiger partial charge in [0.05, 0.1) is 16.7 Å². The van der Waals surface area contributed by atoms with Crippen molar-refractivity contribution >= 4 is 51.0 Å². The zero-order valence-electron chi connectivity index (χ0n) is 12.5. The fraction of sp³-hybridized carbons (Fsp3) is 0.235. The van der Waals surface area contributed by atoms with Crippen molar-refractivity contribution in [1.82, 2.24) is 0 Å². The summed E-state index contributed by atoms with van der Waals surface area (Å²) < 4.78 is 11.1. The van der Waals surface area contributed by atoms with E-state index in [1.807, 2.05) is 19.9 Å². The SMILES string of the molecule is CCC(C)Oc1cc(Cl)c(P)c(C(=O)Oc2ccccc2)c1.[LiH]. The van der Waals surface area contributed by atoms with Crippen LogP contribution in [0.1, 0.15) is 30.6 Å². The predicted molar refractivity (Wildman–Crippen MR) is 99.7 cm³/mol. The van der Waals surface area contributed by atoms with E-state index in [1.165, 1.54) is 0 Å². The van der Waals surface area contributed by atoms with E-state index in [1.54, 1.807) is 36.4 Å². The molecule has 0 radical (unpaired) electrons. The van der Waals surface area contributed by atoms with Crippen LogP contribution < -0.4 is 14.8 Å². The Balaban J connectivity index is 0.00000264. The van der Waals surface area contributed by atoms with Crippen molar-refractivity contribution < 1.29 is 14.3 Å². The summed E-state index contributed by atoms with van der Waals surface area (Å²) in [6.07, 6.45) is 0.911. The molecule has 0 heterocycles. The fourth-order valence-corrected chi connectivity index (χ4v) is 2.29. The number of ether oxygens (including phenoxy) is 2. The average Bonchev–Trinajstić information content (AvgIpc) is 2.51. The predicted octanol–water partition coefficient (Wildman–Crippen LogP) is 3.59. The molecule has 6 heteroatoms. The van der Waals surface area contributed by atoms with Crippen molar-refractivity contribution in [3.8, 4) is 11.5 Å². The van der Waals surface area contributed by atoms with Crippen LogP contribution in [-0.4, -0.2) is 30.9 Å². The Labute approximate surface area is 156 Å². The van der Waals surface area contributed by atoms with Gasteiger partial charge in [-0.05, 0) is 37.6 Å². The third-order valence-corrected chi connectivity index (χ3v) is 4.31. The van der Waals surface area contributed by atoms with Gasteiger partial charge in [0.15, 0.2) is 0 Å². The fourth-order valence-electron chi connectivity index (χ4n) is 1.80. The van der Waals surface area contributed by atoms with Gasteiger partial charge in [0.25, 0.3) is 0 Å². The normalized spacial score (nSPS) is 11.3. The summed E-state index contributed by atoms with van der Waals surface area (Å²) in [4.78, 5) is 12.3. The molecule has 0 fully saturated rings. The summed E-state index contributed by atoms with van der Waals surface area (Å²) >= 11 is 6.18. The molecule has 0 amide bonds. The average molecular weight is 345 g/mol. The zero-order valence-corrected chi connectivity index (χ0v) is 14.4. The maximum atomic E-state index is 12.3. The zero-order chi connectivity index (χ0) is 16.1. The molecule has 0 saturated carbocycles. The molecule has 0 bridgehead atoms. The first-order valence-electron chi connectivity index (χ1n) is 7.04. The van der Waals surface area contributed by atoms with E-state index >= 15 is 0 Å². The van der Waals surface area contributed by atoms with E-state index in [9.17, 15) is 4.79 Å². The van der Waals surface area contributed by atoms with E-state index in [2.05, 4.69) is 9.24 Å². The van der Waals surface area contributed by atoms with Crippen molar-refractivity contribution in [2.24, 2.45) is 0 Å². The summed E-state index contributed by atoms with van der Waals surface area (Å²) in [5.74, 6) is 0.583. The molecule has 0 aliphatic rings. The van der Waals surface area contributed by atoms with Crippen LogP contribution in [0.25, 0.3) is 0 Å². The first kappa shape index (κ1) is 20.1. The van der Waals surface area contributed by atoms with E-state index in [0.29, 0.717) is 27.4 Å². The first-order chi connectivity index (χ1) is 10.5. The van der Waals surface area contributed by atoms with Gasteiger partial charge in [-0.3, -0.25) is 0 Å². The van der Waals surface area contributed by atoms with Crippen molar-refractivity contribution in [1.29, 1.82) is 0 Å². The summed E-state index contributed by atoms with van der Waals surface area (Å²) in [7, 11) is 2.47. The van der Waals surface area contributed by atoms with Crippen molar-refractivity contribution in [2.45, 2.75) is 26.4 Å². The van der Waals surface area contributed by atoms with Crippen LogP contribution in [-0.2, 0) is 0 Å². The number of rotatable bonds is 5. The molecular weight excluding hydrogens is 326 g/mol. The van der Waals surface area contributed by atoms with Gasteiger partial charge in [0.2, 0.25) is 0 Å². The molecule has 2 aromatic rings. The number of hydrogen-bond acceptors (Lipinski definition) is 3. The Hall–Kier alpha value is -0.973. The minimum atomic E-state index is -0.465. The van der Waals surface area contributed by atoms with E-state index in [4.69, 9.17) is 21.1 Å². The molecule has 0 aromatic heterocycles. The summed E-state index contributed by atoms with van der Waals surface area (Å²) in [6, 6.07) is 12.3. The van der Waals surface area contributed by atoms with E-state index in [-0.39, 0.29) is 25.0 Å². The summed E-state index contributed by atoms with van der Waals surface area (Å²) in [6.45, 7) is 3.99. The Morgan fingerprint density at radius 3 is 2.48 bits per heavy atom. The number of para-hydroxylation sites is 1. The number of hydrogen-bond donors (Lipinski definition) is 0. The second-order valence-corrected chi connectivity index (χ2v) is 5.89. The topological polar surface area (TPSA) is 35.5 Å². The van der Waals surface area contributed by atoms with Crippen molar-refractivity contribution in [3.05, 3.63) is 53.1 Å². The van der Waals surface area contributed by atoms with Gasteiger partial charge in [-0.1, -0.05) is 36.7 Å². The standard InChI is InChI=1S/C17H18ClO3P.Li.H/c1-3-11(2)20-13-9-14(16(22)15(18)10-13)17(19)21-12-7-5-4-6-8-12;;/h4-11H,3,22H2,1-2H3;;. The van der Waals surface area contributed by atoms with Crippen LogP contribution in [0.3, 0.4) is 0 Å². The molecule has 2 unspecified atom stereocenters. The molecule has 23 heavy (non-hydrogen) atoms. The Morgan fingerprint density at radius 1 is 1.22 bits per heavy atom. The molecule has 2 rings (SSSR count). The number of carbonyl (C=O) groups excluding carboxylic acids is 1. The van der Waals surface area contributed by atoms with Gasteiger partial charge in [-0.15, -0.1) is 9.24 Å². The Bertz CT molecular complexity index is 664. The third-order valence-electron chi connectivity index (χ3n) is 3.19. The Morgan fingerprint density at radius 2 is 1.87 bits per heavy atom. The van der Waals surface area contributed by atoms with Gasteiger partial charge in [0, 0.05) is 5.30 Å². The molecule has 118 valence electrons. The second-order valence-electron chi connectivity index (χ2n) is 4.91. The number of halogens is 1. The van der Waals surface area contributed by atoms with Crippen molar-refractivity contribution in [2.75, 3.05) is 0 Å². The monoisotopic (exact) mass is 344 g/mol. The quantitative estimate of drug-likeness (QED) is 0.360. The summed E-state index contributed by atoms with van der Waals surface area (Å²) in [5, 5.41) is 1.05. The van der Waals surface area contributed by atoms with Gasteiger partial charge in [0.1, 0.15) is 11.5 Å². The molecule has 0 aliphatic carbocycles. The minimum absolute atomic E-state index is 0. The number of benzene rings is 2. The van der Waals surface area contributed by atoms with Crippen LogP contribution >= 0.6 is 20.8 Å². The molecular formula is C17H19ClLiO3P. The molecule has 2 atom stereocenters.